The number of pyridine rings is 2. The Morgan fingerprint density at radius 3 is 1.54 bits per heavy atom. The van der Waals surface area contributed by atoms with Crippen LogP contribution in [0, 0.1) is 20.8 Å². The predicted octanol–water partition coefficient (Wildman–Crippen LogP) is 9.21. The summed E-state index contributed by atoms with van der Waals surface area (Å²) < 4.78 is 14.9. The van der Waals surface area contributed by atoms with Crippen LogP contribution in [0.15, 0.2) is 97.3 Å². The van der Waals surface area contributed by atoms with Gasteiger partial charge in [-0.2, -0.15) is 0 Å². The van der Waals surface area contributed by atoms with Crippen molar-refractivity contribution < 1.29 is 29.3 Å². The number of halogens is 1. The number of aromatic nitrogens is 4. The van der Waals surface area contributed by atoms with Crippen molar-refractivity contribution in [1.82, 2.24) is 19.1 Å². The van der Waals surface area contributed by atoms with Crippen LogP contribution in [0.4, 0.5) is 0 Å². The van der Waals surface area contributed by atoms with Gasteiger partial charge in [0.15, 0.2) is 0 Å². The summed E-state index contributed by atoms with van der Waals surface area (Å²) in [5.74, 6) is -0.319. The van der Waals surface area contributed by atoms with Crippen LogP contribution in [0.25, 0.3) is 55.0 Å². The Hall–Kier alpha value is -6.39. The van der Waals surface area contributed by atoms with Crippen LogP contribution in [0.2, 0.25) is 5.02 Å². The van der Waals surface area contributed by atoms with E-state index in [1.807, 2.05) is 87.5 Å². The maximum absolute atomic E-state index is 11.5. The fourth-order valence-electron chi connectivity index (χ4n) is 7.29. The van der Waals surface area contributed by atoms with E-state index in [2.05, 4.69) is 37.3 Å². The van der Waals surface area contributed by atoms with Crippen LogP contribution in [-0.2, 0) is 22.4 Å². The van der Waals surface area contributed by atoms with Gasteiger partial charge in [0.1, 0.15) is 11.5 Å². The van der Waals surface area contributed by atoms with Crippen molar-refractivity contribution in [3.8, 4) is 22.9 Å². The standard InChI is InChI=1S/C22H20N2O3.C21H17ClN2O3/c1-13-4-6-16-19(10-13)23-9-8-21(16)24-14(2)17(12-22(25)26)18-11-15(27-3)5-7-20(18)24;1-12-16(11-21(25)26)17-10-14(27-2)4-6-19(17)24(12)20-7-8-23-18-9-13(22)3-5-15(18)20/h4-11H,12H2,1-3H3,(H,25,26);3-10H,11H2,1-2H3,(H,25,26). The number of carboxylic acids is 2. The second-order valence-corrected chi connectivity index (χ2v) is 13.5. The molecule has 0 aliphatic carbocycles. The number of aliphatic carboxylic acids is 2. The number of fused-ring (bicyclic) bond motifs is 4. The summed E-state index contributed by atoms with van der Waals surface area (Å²) in [6.45, 7) is 5.94. The van der Waals surface area contributed by atoms with Crippen LogP contribution in [-0.4, -0.2) is 55.5 Å². The summed E-state index contributed by atoms with van der Waals surface area (Å²) in [5, 5.41) is 23.2. The molecule has 0 aliphatic heterocycles. The highest BCUT2D eigenvalue weighted by Crippen LogP contribution is 2.36. The molecule has 4 aromatic heterocycles. The third kappa shape index (κ3) is 6.56. The molecule has 0 fully saturated rings. The summed E-state index contributed by atoms with van der Waals surface area (Å²) in [6, 6.07) is 27.2. The van der Waals surface area contributed by atoms with Gasteiger partial charge in [0.05, 0.1) is 60.5 Å². The van der Waals surface area contributed by atoms with Gasteiger partial charge < -0.3 is 28.8 Å². The van der Waals surface area contributed by atoms with Crippen molar-refractivity contribution >= 4 is 67.2 Å². The number of rotatable bonds is 8. The lowest BCUT2D eigenvalue weighted by Gasteiger charge is -2.12. The number of aryl methyl sites for hydroxylation is 1. The van der Waals surface area contributed by atoms with Crippen molar-refractivity contribution in [1.29, 1.82) is 0 Å². The molecule has 0 amide bonds. The van der Waals surface area contributed by atoms with Crippen molar-refractivity contribution in [2.75, 3.05) is 14.2 Å². The summed E-state index contributed by atoms with van der Waals surface area (Å²) in [7, 11) is 3.21. The fraction of sp³-hybridized carbons (Fsp3) is 0.163. The molecule has 0 spiro atoms. The largest absolute Gasteiger partial charge is 0.497 e. The van der Waals surface area contributed by atoms with E-state index in [0.29, 0.717) is 16.5 Å². The first-order chi connectivity index (χ1) is 26.0. The molecule has 4 aromatic carbocycles. The Bertz CT molecular complexity index is 2580. The Kier molecular flexibility index (Phi) is 9.70. The van der Waals surface area contributed by atoms with Crippen molar-refractivity contribution in [2.24, 2.45) is 0 Å². The molecule has 2 N–H and O–H groups in total. The second-order valence-electron chi connectivity index (χ2n) is 13.0. The van der Waals surface area contributed by atoms with Gasteiger partial charge in [0, 0.05) is 50.3 Å². The van der Waals surface area contributed by atoms with Gasteiger partial charge >= 0.3 is 11.9 Å². The molecular formula is C43H37ClN4O6. The lowest BCUT2D eigenvalue weighted by Crippen LogP contribution is -2.03. The van der Waals surface area contributed by atoms with Crippen molar-refractivity contribution in [3.05, 3.63) is 130 Å². The van der Waals surface area contributed by atoms with Crippen LogP contribution >= 0.6 is 11.6 Å². The number of hydrogen-bond acceptors (Lipinski definition) is 6. The molecule has 0 atom stereocenters. The van der Waals surface area contributed by atoms with Crippen LogP contribution in [0.3, 0.4) is 0 Å². The molecule has 54 heavy (non-hydrogen) atoms. The molecule has 4 heterocycles. The molecule has 272 valence electrons. The van der Waals surface area contributed by atoms with E-state index in [0.717, 1.165) is 83.1 Å². The number of benzene rings is 4. The number of ether oxygens (including phenoxy) is 2. The van der Waals surface area contributed by atoms with Crippen molar-refractivity contribution in [3.63, 3.8) is 0 Å². The van der Waals surface area contributed by atoms with E-state index < -0.39 is 11.9 Å². The maximum Gasteiger partial charge on any atom is 0.307 e. The van der Waals surface area contributed by atoms with E-state index in [4.69, 9.17) is 21.1 Å². The molecule has 0 aliphatic rings. The quantitative estimate of drug-likeness (QED) is 0.158. The zero-order valence-electron chi connectivity index (χ0n) is 30.3. The highest BCUT2D eigenvalue weighted by Gasteiger charge is 2.21. The Labute approximate surface area is 315 Å². The van der Waals surface area contributed by atoms with Gasteiger partial charge in [-0.05, 0) is 110 Å². The highest BCUT2D eigenvalue weighted by molar-refractivity contribution is 6.31. The van der Waals surface area contributed by atoms with Crippen LogP contribution < -0.4 is 9.47 Å². The van der Waals surface area contributed by atoms with E-state index in [9.17, 15) is 19.8 Å². The van der Waals surface area contributed by atoms with Crippen LogP contribution in [0.1, 0.15) is 28.1 Å². The summed E-state index contributed by atoms with van der Waals surface area (Å²) >= 11 is 6.11. The molecule has 0 unspecified atom stereocenters. The zero-order chi connectivity index (χ0) is 38.3. The molecule has 0 radical (unpaired) electrons. The smallest absolute Gasteiger partial charge is 0.307 e. The van der Waals surface area contributed by atoms with Gasteiger partial charge in [-0.25, -0.2) is 0 Å². The van der Waals surface area contributed by atoms with E-state index in [-0.39, 0.29) is 12.8 Å². The number of hydrogen-bond donors (Lipinski definition) is 2. The Morgan fingerprint density at radius 1 is 0.611 bits per heavy atom. The monoisotopic (exact) mass is 740 g/mol. The third-order valence-electron chi connectivity index (χ3n) is 9.78. The minimum Gasteiger partial charge on any atom is -0.497 e. The fourth-order valence-corrected chi connectivity index (χ4v) is 7.45. The van der Waals surface area contributed by atoms with Gasteiger partial charge in [0.25, 0.3) is 0 Å². The first kappa shape index (κ1) is 36.0. The Balaban J connectivity index is 0.000000167. The van der Waals surface area contributed by atoms with E-state index in [1.165, 1.54) is 0 Å². The highest BCUT2D eigenvalue weighted by atomic mass is 35.5. The second kappa shape index (κ2) is 14.6. The van der Waals surface area contributed by atoms with Crippen LogP contribution in [0.5, 0.6) is 11.5 Å². The molecule has 8 aromatic rings. The molecule has 11 heteroatoms. The average Bonchev–Trinajstić information content (AvgIpc) is 3.58. The first-order valence-corrected chi connectivity index (χ1v) is 17.6. The number of carbonyl (C=O) groups is 2. The summed E-state index contributed by atoms with van der Waals surface area (Å²) in [4.78, 5) is 31.8. The predicted molar refractivity (Wildman–Crippen MR) is 212 cm³/mol. The molecule has 8 rings (SSSR count). The first-order valence-electron chi connectivity index (χ1n) is 17.2. The van der Waals surface area contributed by atoms with Gasteiger partial charge in [-0.1, -0.05) is 23.7 Å². The Morgan fingerprint density at radius 2 is 1.07 bits per heavy atom. The molecule has 0 bridgehead atoms. The third-order valence-corrected chi connectivity index (χ3v) is 10.0. The lowest BCUT2D eigenvalue weighted by atomic mass is 10.1. The lowest BCUT2D eigenvalue weighted by molar-refractivity contribution is -0.137. The van der Waals surface area contributed by atoms with E-state index >= 15 is 0 Å². The SMILES string of the molecule is COc1ccc2c(c1)c(CC(=O)O)c(C)n2-c1ccnc2cc(C)ccc12.COc1ccc2c(c1)c(CC(=O)O)c(C)n2-c1ccnc2cc(Cl)ccc12. The average molecular weight is 741 g/mol. The minimum atomic E-state index is -0.869. The van der Waals surface area contributed by atoms with Crippen molar-refractivity contribution in [2.45, 2.75) is 33.6 Å². The number of carboxylic acid groups (broad SMARTS) is 2. The van der Waals surface area contributed by atoms with Gasteiger partial charge in [0.2, 0.25) is 0 Å². The number of nitrogens with zero attached hydrogens (tertiary/aromatic N) is 4. The van der Waals surface area contributed by atoms with Gasteiger partial charge in [-0.15, -0.1) is 0 Å². The van der Waals surface area contributed by atoms with E-state index in [1.54, 1.807) is 26.6 Å². The topological polar surface area (TPSA) is 129 Å². The minimum absolute atomic E-state index is 0.0371. The maximum atomic E-state index is 11.5. The molecular weight excluding hydrogens is 704 g/mol. The summed E-state index contributed by atoms with van der Waals surface area (Å²) in [6.07, 6.45) is 3.43. The molecule has 0 saturated heterocycles. The molecule has 0 saturated carbocycles. The van der Waals surface area contributed by atoms with Gasteiger partial charge in [-0.3, -0.25) is 19.6 Å². The number of methoxy groups -OCH3 is 2. The summed E-state index contributed by atoms with van der Waals surface area (Å²) in [5.41, 5.74) is 10.0. The molecule has 10 nitrogen and oxygen atoms in total. The normalized spacial score (nSPS) is 11.2. The zero-order valence-corrected chi connectivity index (χ0v) is 31.1.